The van der Waals surface area contributed by atoms with Gasteiger partial charge in [0.15, 0.2) is 0 Å². The summed E-state index contributed by atoms with van der Waals surface area (Å²) in [5, 5.41) is 5.76. The number of carbonyl (C=O) groups is 2. The molecule has 2 rings (SSSR count). The van der Waals surface area contributed by atoms with Crippen LogP contribution in [0.3, 0.4) is 0 Å². The predicted molar refractivity (Wildman–Crippen MR) is 101 cm³/mol. The van der Waals surface area contributed by atoms with E-state index in [-0.39, 0.29) is 36.7 Å². The van der Waals surface area contributed by atoms with Crippen molar-refractivity contribution < 1.29 is 14.3 Å². The van der Waals surface area contributed by atoms with Gasteiger partial charge < -0.3 is 21.1 Å². The van der Waals surface area contributed by atoms with Gasteiger partial charge in [-0.25, -0.2) is 0 Å². The SMILES string of the molecule is COCC(N)C(=O)NCc1cccc(NC(=O)C2CCCCC2)c1.Cl. The summed E-state index contributed by atoms with van der Waals surface area (Å²) in [6.45, 7) is 0.548. The van der Waals surface area contributed by atoms with Gasteiger partial charge in [0.05, 0.1) is 6.61 Å². The Bertz CT molecular complexity index is 562. The third kappa shape index (κ3) is 7.02. The van der Waals surface area contributed by atoms with Gasteiger partial charge in [-0.3, -0.25) is 9.59 Å². The Morgan fingerprint density at radius 2 is 2.00 bits per heavy atom. The van der Waals surface area contributed by atoms with Crippen LogP contribution in [-0.2, 0) is 20.9 Å². The number of hydrogen-bond donors (Lipinski definition) is 3. The van der Waals surface area contributed by atoms with Gasteiger partial charge >= 0.3 is 0 Å². The van der Waals surface area contributed by atoms with Crippen LogP contribution >= 0.6 is 12.4 Å². The first-order valence-corrected chi connectivity index (χ1v) is 8.52. The van der Waals surface area contributed by atoms with Crippen molar-refractivity contribution in [1.82, 2.24) is 5.32 Å². The summed E-state index contributed by atoms with van der Waals surface area (Å²) in [6, 6.07) is 6.83. The zero-order chi connectivity index (χ0) is 17.4. The largest absolute Gasteiger partial charge is 0.383 e. The van der Waals surface area contributed by atoms with Gasteiger partial charge in [0.1, 0.15) is 6.04 Å². The molecule has 0 bridgehead atoms. The van der Waals surface area contributed by atoms with Gasteiger partial charge in [-0.15, -0.1) is 12.4 Å². The summed E-state index contributed by atoms with van der Waals surface area (Å²) in [5.41, 5.74) is 7.35. The molecule has 1 aromatic carbocycles. The minimum atomic E-state index is -0.677. The number of hydrogen-bond acceptors (Lipinski definition) is 4. The van der Waals surface area contributed by atoms with Crippen LogP contribution < -0.4 is 16.4 Å². The summed E-state index contributed by atoms with van der Waals surface area (Å²) in [4.78, 5) is 24.1. The van der Waals surface area contributed by atoms with Crippen molar-refractivity contribution in [3.05, 3.63) is 29.8 Å². The first-order chi connectivity index (χ1) is 11.6. The molecule has 1 atom stereocenters. The van der Waals surface area contributed by atoms with Crippen LogP contribution in [0.25, 0.3) is 0 Å². The maximum atomic E-state index is 12.3. The van der Waals surface area contributed by atoms with Crippen molar-refractivity contribution in [3.63, 3.8) is 0 Å². The molecule has 7 heteroatoms. The third-order valence-electron chi connectivity index (χ3n) is 4.32. The van der Waals surface area contributed by atoms with Crippen molar-refractivity contribution >= 4 is 29.9 Å². The summed E-state index contributed by atoms with van der Waals surface area (Å²) in [5.74, 6) is -0.0411. The van der Waals surface area contributed by atoms with Gasteiger partial charge in [0.2, 0.25) is 11.8 Å². The minimum absolute atomic E-state index is 0. The highest BCUT2D eigenvalue weighted by Crippen LogP contribution is 2.25. The highest BCUT2D eigenvalue weighted by atomic mass is 35.5. The zero-order valence-corrected chi connectivity index (χ0v) is 15.4. The first-order valence-electron chi connectivity index (χ1n) is 8.52. The van der Waals surface area contributed by atoms with Gasteiger partial charge in [0.25, 0.3) is 0 Å². The number of ether oxygens (including phenoxy) is 1. The molecular weight excluding hydrogens is 342 g/mol. The van der Waals surface area contributed by atoms with Gasteiger partial charge in [-0.05, 0) is 30.5 Å². The lowest BCUT2D eigenvalue weighted by molar-refractivity contribution is -0.123. The molecule has 6 nitrogen and oxygen atoms in total. The van der Waals surface area contributed by atoms with E-state index in [1.807, 2.05) is 24.3 Å². The van der Waals surface area contributed by atoms with Crippen LogP contribution in [0.5, 0.6) is 0 Å². The molecule has 1 aliphatic carbocycles. The smallest absolute Gasteiger partial charge is 0.239 e. The lowest BCUT2D eigenvalue weighted by Crippen LogP contribution is -2.43. The van der Waals surface area contributed by atoms with Crippen LogP contribution in [0.2, 0.25) is 0 Å². The van der Waals surface area contributed by atoms with Crippen molar-refractivity contribution in [2.24, 2.45) is 11.7 Å². The number of methoxy groups -OCH3 is 1. The van der Waals surface area contributed by atoms with Gasteiger partial charge in [0, 0.05) is 25.3 Å². The summed E-state index contributed by atoms with van der Waals surface area (Å²) >= 11 is 0. The van der Waals surface area contributed by atoms with Crippen molar-refractivity contribution in [2.75, 3.05) is 19.0 Å². The highest BCUT2D eigenvalue weighted by Gasteiger charge is 2.21. The molecule has 1 fully saturated rings. The standard InChI is InChI=1S/C18H27N3O3.ClH/c1-24-12-16(19)18(23)20-11-13-6-5-9-15(10-13)21-17(22)14-7-3-2-4-8-14;/h5-6,9-10,14,16H,2-4,7-8,11-12,19H2,1H3,(H,20,23)(H,21,22);1H. The van der Waals surface area contributed by atoms with E-state index in [9.17, 15) is 9.59 Å². The van der Waals surface area contributed by atoms with Gasteiger partial charge in [-0.1, -0.05) is 31.4 Å². The second-order valence-electron chi connectivity index (χ2n) is 6.30. The van der Waals surface area contributed by atoms with Gasteiger partial charge in [-0.2, -0.15) is 0 Å². The van der Waals surface area contributed by atoms with E-state index in [0.29, 0.717) is 6.54 Å². The average Bonchev–Trinajstić information content (AvgIpc) is 2.61. The molecular formula is C18H28ClN3O3. The predicted octanol–water partition coefficient (Wildman–Crippen LogP) is 2.22. The molecule has 1 aromatic rings. The summed E-state index contributed by atoms with van der Waals surface area (Å²) in [6.07, 6.45) is 5.43. The average molecular weight is 370 g/mol. The zero-order valence-electron chi connectivity index (χ0n) is 14.6. The monoisotopic (exact) mass is 369 g/mol. The van der Waals surface area contributed by atoms with Crippen molar-refractivity contribution in [2.45, 2.75) is 44.7 Å². The highest BCUT2D eigenvalue weighted by molar-refractivity contribution is 5.92. The van der Waals surface area contributed by atoms with E-state index in [4.69, 9.17) is 10.5 Å². The fraction of sp³-hybridized carbons (Fsp3) is 0.556. The number of rotatable bonds is 7. The Balaban J connectivity index is 0.00000312. The molecule has 0 spiro atoms. The van der Waals surface area contributed by atoms with Crippen LogP contribution in [0.15, 0.2) is 24.3 Å². The Labute approximate surface area is 155 Å². The van der Waals surface area contributed by atoms with E-state index < -0.39 is 6.04 Å². The Morgan fingerprint density at radius 1 is 1.28 bits per heavy atom. The molecule has 1 unspecified atom stereocenters. The molecule has 0 heterocycles. The maximum absolute atomic E-state index is 12.3. The number of nitrogens with two attached hydrogens (primary N) is 1. The molecule has 0 aromatic heterocycles. The Morgan fingerprint density at radius 3 is 2.68 bits per heavy atom. The molecule has 4 N–H and O–H groups in total. The van der Waals surface area contributed by atoms with Crippen LogP contribution in [0.4, 0.5) is 5.69 Å². The maximum Gasteiger partial charge on any atom is 0.239 e. The number of carbonyl (C=O) groups excluding carboxylic acids is 2. The van der Waals surface area contributed by atoms with Crippen LogP contribution in [0, 0.1) is 5.92 Å². The first kappa shape index (κ1) is 21.4. The topological polar surface area (TPSA) is 93.4 Å². The van der Waals surface area contributed by atoms with Crippen molar-refractivity contribution in [1.29, 1.82) is 0 Å². The molecule has 0 saturated heterocycles. The second-order valence-corrected chi connectivity index (χ2v) is 6.30. The van der Waals surface area contributed by atoms with E-state index in [1.54, 1.807) is 0 Å². The molecule has 140 valence electrons. The van der Waals surface area contributed by atoms with Crippen LogP contribution in [-0.4, -0.2) is 31.6 Å². The number of amides is 2. The number of halogens is 1. The molecule has 1 saturated carbocycles. The lowest BCUT2D eigenvalue weighted by atomic mass is 9.88. The molecule has 0 radical (unpaired) electrons. The normalized spacial score (nSPS) is 15.8. The number of benzene rings is 1. The second kappa shape index (κ2) is 11.1. The summed E-state index contributed by atoms with van der Waals surface area (Å²) < 4.78 is 4.86. The quantitative estimate of drug-likeness (QED) is 0.687. The molecule has 25 heavy (non-hydrogen) atoms. The minimum Gasteiger partial charge on any atom is -0.383 e. The van der Waals surface area contributed by atoms with Crippen LogP contribution in [0.1, 0.15) is 37.7 Å². The summed E-state index contributed by atoms with van der Waals surface area (Å²) in [7, 11) is 1.51. The third-order valence-corrected chi connectivity index (χ3v) is 4.32. The Kier molecular flexibility index (Phi) is 9.49. The molecule has 2 amide bonds. The van der Waals surface area contributed by atoms with Crippen molar-refractivity contribution in [3.8, 4) is 0 Å². The number of nitrogens with one attached hydrogen (secondary N) is 2. The molecule has 1 aliphatic rings. The van der Waals surface area contributed by atoms with E-state index in [2.05, 4.69) is 10.6 Å². The fourth-order valence-electron chi connectivity index (χ4n) is 2.94. The molecule has 0 aliphatic heterocycles. The van der Waals surface area contributed by atoms with E-state index >= 15 is 0 Å². The Hall–Kier alpha value is -1.63. The lowest BCUT2D eigenvalue weighted by Gasteiger charge is -2.21. The van der Waals surface area contributed by atoms with E-state index in [1.165, 1.54) is 13.5 Å². The fourth-order valence-corrected chi connectivity index (χ4v) is 2.94. The number of anilines is 1. The van der Waals surface area contributed by atoms with E-state index in [0.717, 1.165) is 36.9 Å².